The highest BCUT2D eigenvalue weighted by molar-refractivity contribution is 5.88. The van der Waals surface area contributed by atoms with Crippen LogP contribution >= 0.6 is 0 Å². The summed E-state index contributed by atoms with van der Waals surface area (Å²) in [7, 11) is 1.34. The maximum atomic E-state index is 12.7. The van der Waals surface area contributed by atoms with Gasteiger partial charge in [0.05, 0.1) is 13.5 Å². The standard InChI is InChI=1S/C26H23NO3/c1-30-26(29)24(16-18-10-12-20-6-2-4-8-22(20)14-18)27-25(28)17-19-11-13-21-7-3-5-9-23(21)15-19/h2-15,24H,16-17H2,1H3,(H,27,28)/t24-/m0/s1. The first-order chi connectivity index (χ1) is 14.6. The first-order valence-corrected chi connectivity index (χ1v) is 9.95. The molecule has 150 valence electrons. The van der Waals surface area contributed by atoms with Crippen molar-refractivity contribution in [2.45, 2.75) is 18.9 Å². The molecular formula is C26H23NO3. The fourth-order valence-corrected chi connectivity index (χ4v) is 3.72. The molecule has 0 saturated heterocycles. The second kappa shape index (κ2) is 8.78. The molecule has 0 aliphatic rings. The number of methoxy groups -OCH3 is 1. The van der Waals surface area contributed by atoms with Gasteiger partial charge in [-0.3, -0.25) is 4.79 Å². The lowest BCUT2D eigenvalue weighted by atomic mass is 10.0. The summed E-state index contributed by atoms with van der Waals surface area (Å²) in [4.78, 5) is 25.0. The number of ether oxygens (including phenoxy) is 1. The third-order valence-electron chi connectivity index (χ3n) is 5.25. The van der Waals surface area contributed by atoms with E-state index < -0.39 is 12.0 Å². The van der Waals surface area contributed by atoms with Crippen LogP contribution in [0.4, 0.5) is 0 Å². The van der Waals surface area contributed by atoms with Crippen molar-refractivity contribution < 1.29 is 14.3 Å². The topological polar surface area (TPSA) is 55.4 Å². The van der Waals surface area contributed by atoms with Gasteiger partial charge in [0.1, 0.15) is 6.04 Å². The lowest BCUT2D eigenvalue weighted by molar-refractivity contribution is -0.145. The summed E-state index contributed by atoms with van der Waals surface area (Å²) in [5, 5.41) is 7.30. The van der Waals surface area contributed by atoms with Gasteiger partial charge in [-0.1, -0.05) is 84.9 Å². The van der Waals surface area contributed by atoms with E-state index in [1.54, 1.807) is 0 Å². The van der Waals surface area contributed by atoms with Gasteiger partial charge in [0.25, 0.3) is 0 Å². The maximum Gasteiger partial charge on any atom is 0.328 e. The van der Waals surface area contributed by atoms with Gasteiger partial charge in [0.2, 0.25) is 5.91 Å². The normalized spacial score (nSPS) is 11.9. The van der Waals surface area contributed by atoms with Gasteiger partial charge in [0.15, 0.2) is 0 Å². The molecule has 0 aliphatic carbocycles. The average Bonchev–Trinajstić information content (AvgIpc) is 2.78. The maximum absolute atomic E-state index is 12.7. The summed E-state index contributed by atoms with van der Waals surface area (Å²) >= 11 is 0. The number of esters is 1. The molecule has 0 saturated carbocycles. The molecular weight excluding hydrogens is 374 g/mol. The highest BCUT2D eigenvalue weighted by Gasteiger charge is 2.22. The molecule has 1 atom stereocenters. The van der Waals surface area contributed by atoms with E-state index in [4.69, 9.17) is 4.74 Å². The van der Waals surface area contributed by atoms with Crippen LogP contribution in [0, 0.1) is 0 Å². The van der Waals surface area contributed by atoms with Gasteiger partial charge in [0, 0.05) is 6.42 Å². The van der Waals surface area contributed by atoms with Crippen LogP contribution in [0.15, 0.2) is 84.9 Å². The van der Waals surface area contributed by atoms with E-state index in [1.807, 2.05) is 84.9 Å². The molecule has 1 amide bonds. The number of rotatable bonds is 6. The van der Waals surface area contributed by atoms with Crippen LogP contribution in [0.25, 0.3) is 21.5 Å². The Balaban J connectivity index is 1.48. The minimum absolute atomic E-state index is 0.204. The minimum atomic E-state index is -0.732. The van der Waals surface area contributed by atoms with Gasteiger partial charge in [-0.05, 0) is 32.7 Å². The summed E-state index contributed by atoms with van der Waals surface area (Å²) in [6.45, 7) is 0. The van der Waals surface area contributed by atoms with Gasteiger partial charge in [-0.25, -0.2) is 4.79 Å². The summed E-state index contributed by atoms with van der Waals surface area (Å²) in [5.41, 5.74) is 1.87. The van der Waals surface area contributed by atoms with Crippen molar-refractivity contribution in [2.75, 3.05) is 7.11 Å². The van der Waals surface area contributed by atoms with E-state index in [0.717, 1.165) is 32.7 Å². The van der Waals surface area contributed by atoms with Crippen LogP contribution in [-0.4, -0.2) is 25.0 Å². The summed E-state index contributed by atoms with van der Waals surface area (Å²) in [6.07, 6.45) is 0.580. The highest BCUT2D eigenvalue weighted by atomic mass is 16.5. The number of hydrogen-bond donors (Lipinski definition) is 1. The number of carbonyl (C=O) groups excluding carboxylic acids is 2. The molecule has 1 N–H and O–H groups in total. The second-order valence-corrected chi connectivity index (χ2v) is 7.39. The van der Waals surface area contributed by atoms with E-state index in [9.17, 15) is 9.59 Å². The second-order valence-electron chi connectivity index (χ2n) is 7.39. The smallest absolute Gasteiger partial charge is 0.328 e. The minimum Gasteiger partial charge on any atom is -0.467 e. The summed E-state index contributed by atoms with van der Waals surface area (Å²) in [6, 6.07) is 27.3. The zero-order chi connectivity index (χ0) is 20.9. The van der Waals surface area contributed by atoms with E-state index in [1.165, 1.54) is 7.11 Å². The molecule has 0 unspecified atom stereocenters. The van der Waals surface area contributed by atoms with Crippen LogP contribution < -0.4 is 5.32 Å². The molecule has 30 heavy (non-hydrogen) atoms. The van der Waals surface area contributed by atoms with Crippen molar-refractivity contribution in [3.8, 4) is 0 Å². The predicted octanol–water partition coefficient (Wildman–Crippen LogP) is 4.44. The summed E-state index contributed by atoms with van der Waals surface area (Å²) < 4.78 is 4.93. The Labute approximate surface area is 175 Å². The van der Waals surface area contributed by atoms with E-state index in [0.29, 0.717) is 6.42 Å². The van der Waals surface area contributed by atoms with Crippen LogP contribution in [0.5, 0.6) is 0 Å². The molecule has 0 radical (unpaired) electrons. The van der Waals surface area contributed by atoms with Crippen LogP contribution in [0.2, 0.25) is 0 Å². The predicted molar refractivity (Wildman–Crippen MR) is 119 cm³/mol. The van der Waals surface area contributed by atoms with Crippen molar-refractivity contribution >= 4 is 33.4 Å². The molecule has 0 spiro atoms. The largest absolute Gasteiger partial charge is 0.467 e. The van der Waals surface area contributed by atoms with Gasteiger partial charge in [-0.2, -0.15) is 0 Å². The van der Waals surface area contributed by atoms with Crippen molar-refractivity contribution in [1.82, 2.24) is 5.32 Å². The van der Waals surface area contributed by atoms with Crippen molar-refractivity contribution in [3.05, 3.63) is 96.1 Å². The zero-order valence-electron chi connectivity index (χ0n) is 16.8. The van der Waals surface area contributed by atoms with E-state index in [2.05, 4.69) is 5.32 Å². The third kappa shape index (κ3) is 4.49. The molecule has 0 aromatic heterocycles. The molecule has 0 bridgehead atoms. The Morgan fingerprint density at radius 3 is 1.90 bits per heavy atom. The zero-order valence-corrected chi connectivity index (χ0v) is 16.8. The Hall–Kier alpha value is -3.66. The number of hydrogen-bond acceptors (Lipinski definition) is 3. The van der Waals surface area contributed by atoms with Crippen molar-refractivity contribution in [2.24, 2.45) is 0 Å². The molecule has 4 aromatic rings. The number of carbonyl (C=O) groups is 2. The van der Waals surface area contributed by atoms with E-state index >= 15 is 0 Å². The number of nitrogens with one attached hydrogen (secondary N) is 1. The molecule has 0 fully saturated rings. The van der Waals surface area contributed by atoms with Crippen LogP contribution in [-0.2, 0) is 27.2 Å². The molecule has 4 heteroatoms. The lowest BCUT2D eigenvalue weighted by Crippen LogP contribution is -2.43. The third-order valence-corrected chi connectivity index (χ3v) is 5.25. The Morgan fingerprint density at radius 1 is 0.767 bits per heavy atom. The van der Waals surface area contributed by atoms with E-state index in [-0.39, 0.29) is 12.3 Å². The Bertz CT molecular complexity index is 1220. The average molecular weight is 397 g/mol. The molecule has 4 nitrogen and oxygen atoms in total. The Kier molecular flexibility index (Phi) is 5.75. The van der Waals surface area contributed by atoms with Gasteiger partial charge < -0.3 is 10.1 Å². The van der Waals surface area contributed by atoms with Gasteiger partial charge in [-0.15, -0.1) is 0 Å². The molecule has 4 aromatic carbocycles. The van der Waals surface area contributed by atoms with Crippen molar-refractivity contribution in [1.29, 1.82) is 0 Å². The molecule has 4 rings (SSSR count). The number of benzene rings is 4. The van der Waals surface area contributed by atoms with Crippen LogP contribution in [0.3, 0.4) is 0 Å². The first-order valence-electron chi connectivity index (χ1n) is 9.95. The molecule has 0 aliphatic heterocycles. The monoisotopic (exact) mass is 397 g/mol. The fraction of sp³-hybridized carbons (Fsp3) is 0.154. The summed E-state index contributed by atoms with van der Waals surface area (Å²) in [5.74, 6) is -0.656. The highest BCUT2D eigenvalue weighted by Crippen LogP contribution is 2.18. The number of fused-ring (bicyclic) bond motifs is 2. The fourth-order valence-electron chi connectivity index (χ4n) is 3.72. The quantitative estimate of drug-likeness (QED) is 0.490. The SMILES string of the molecule is COC(=O)[C@H](Cc1ccc2ccccc2c1)NC(=O)Cc1ccc2ccccc2c1. The Morgan fingerprint density at radius 2 is 1.30 bits per heavy atom. The van der Waals surface area contributed by atoms with Crippen LogP contribution in [0.1, 0.15) is 11.1 Å². The van der Waals surface area contributed by atoms with Crippen molar-refractivity contribution in [3.63, 3.8) is 0 Å². The first kappa shape index (κ1) is 19.6. The lowest BCUT2D eigenvalue weighted by Gasteiger charge is -2.17. The number of amides is 1. The molecule has 0 heterocycles. The van der Waals surface area contributed by atoms with Gasteiger partial charge >= 0.3 is 5.97 Å².